The number of nitrogens with one attached hydrogen (secondary N) is 2. The van der Waals surface area contributed by atoms with Gasteiger partial charge >= 0.3 is 0 Å². The number of halogens is 1. The van der Waals surface area contributed by atoms with Crippen LogP contribution in [0.5, 0.6) is 5.75 Å². The summed E-state index contributed by atoms with van der Waals surface area (Å²) in [7, 11) is 1.69. The fraction of sp³-hybridized carbons (Fsp3) is 0.682. The molecule has 1 unspecified atom stereocenters. The molecule has 0 saturated carbocycles. The van der Waals surface area contributed by atoms with Crippen molar-refractivity contribution in [3.05, 3.63) is 29.3 Å². The third kappa shape index (κ3) is 9.09. The van der Waals surface area contributed by atoms with Crippen molar-refractivity contribution < 1.29 is 9.47 Å². The summed E-state index contributed by atoms with van der Waals surface area (Å²) in [6.07, 6.45) is 3.90. The Morgan fingerprint density at radius 2 is 2.03 bits per heavy atom. The zero-order valence-corrected chi connectivity index (χ0v) is 20.8. The zero-order chi connectivity index (χ0) is 20.2. The second kappa shape index (κ2) is 14.8. The number of hydrogen-bond acceptors (Lipinski definition) is 4. The number of benzene rings is 1. The molecule has 0 amide bonds. The molecule has 1 aromatic carbocycles. The van der Waals surface area contributed by atoms with Crippen LogP contribution in [-0.4, -0.2) is 63.4 Å². The van der Waals surface area contributed by atoms with E-state index in [0.29, 0.717) is 25.8 Å². The van der Waals surface area contributed by atoms with E-state index in [0.717, 1.165) is 36.9 Å². The smallest absolute Gasteiger partial charge is 0.191 e. The monoisotopic (exact) mass is 518 g/mol. The van der Waals surface area contributed by atoms with Gasteiger partial charge in [0.1, 0.15) is 12.4 Å². The van der Waals surface area contributed by atoms with Crippen molar-refractivity contribution in [2.45, 2.75) is 52.6 Å². The number of aliphatic imine (C=N–C) groups is 1. The summed E-state index contributed by atoms with van der Waals surface area (Å²) in [5.41, 5.74) is 2.27. The zero-order valence-electron chi connectivity index (χ0n) is 18.5. The molecular weight excluding hydrogens is 479 g/mol. The predicted octanol–water partition coefficient (Wildman–Crippen LogP) is 3.57. The average molecular weight is 518 g/mol. The van der Waals surface area contributed by atoms with Crippen LogP contribution in [0.3, 0.4) is 0 Å². The molecule has 2 rings (SSSR count). The van der Waals surface area contributed by atoms with Crippen LogP contribution in [0.1, 0.15) is 44.2 Å². The minimum absolute atomic E-state index is 0. The summed E-state index contributed by atoms with van der Waals surface area (Å²) in [4.78, 5) is 7.37. The second-order valence-corrected chi connectivity index (χ2v) is 7.31. The van der Waals surface area contributed by atoms with Crippen LogP contribution in [0.25, 0.3) is 0 Å². The van der Waals surface area contributed by atoms with Gasteiger partial charge in [0.25, 0.3) is 0 Å². The summed E-state index contributed by atoms with van der Waals surface area (Å²) in [6, 6.07) is 6.87. The molecule has 0 bridgehead atoms. The third-order valence-electron chi connectivity index (χ3n) is 5.18. The van der Waals surface area contributed by atoms with E-state index in [-0.39, 0.29) is 24.0 Å². The van der Waals surface area contributed by atoms with Crippen molar-refractivity contribution in [2.75, 3.05) is 46.5 Å². The van der Waals surface area contributed by atoms with Gasteiger partial charge < -0.3 is 20.1 Å². The molecule has 1 fully saturated rings. The molecule has 0 radical (unpaired) electrons. The van der Waals surface area contributed by atoms with Crippen molar-refractivity contribution in [1.29, 1.82) is 0 Å². The number of guanidine groups is 1. The minimum atomic E-state index is 0. The van der Waals surface area contributed by atoms with Gasteiger partial charge in [-0.05, 0) is 51.4 Å². The van der Waals surface area contributed by atoms with Gasteiger partial charge in [-0.3, -0.25) is 4.90 Å². The fourth-order valence-corrected chi connectivity index (χ4v) is 3.59. The lowest BCUT2D eigenvalue weighted by molar-refractivity contribution is 0.145. The van der Waals surface area contributed by atoms with Crippen molar-refractivity contribution in [3.8, 4) is 5.75 Å². The minimum Gasteiger partial charge on any atom is -0.491 e. The highest BCUT2D eigenvalue weighted by atomic mass is 127. The first-order valence-electron chi connectivity index (χ1n) is 10.6. The first-order valence-corrected chi connectivity index (χ1v) is 10.6. The van der Waals surface area contributed by atoms with Gasteiger partial charge in [-0.1, -0.05) is 25.5 Å². The van der Waals surface area contributed by atoms with E-state index in [2.05, 4.69) is 54.5 Å². The van der Waals surface area contributed by atoms with Gasteiger partial charge in [0, 0.05) is 31.8 Å². The molecule has 1 heterocycles. The maximum Gasteiger partial charge on any atom is 0.191 e. The maximum absolute atomic E-state index is 5.89. The van der Waals surface area contributed by atoms with E-state index in [1.165, 1.54) is 31.4 Å². The van der Waals surface area contributed by atoms with Crippen LogP contribution in [-0.2, 0) is 11.3 Å². The van der Waals surface area contributed by atoms with E-state index < -0.39 is 0 Å². The Morgan fingerprint density at radius 3 is 2.76 bits per heavy atom. The van der Waals surface area contributed by atoms with E-state index in [4.69, 9.17) is 14.5 Å². The Balaban J connectivity index is 0.00000420. The van der Waals surface area contributed by atoms with Crippen LogP contribution in [0.4, 0.5) is 0 Å². The number of piperidine rings is 1. The maximum atomic E-state index is 5.89. The third-order valence-corrected chi connectivity index (χ3v) is 5.18. The largest absolute Gasteiger partial charge is 0.491 e. The quantitative estimate of drug-likeness (QED) is 0.215. The Hall–Kier alpha value is -1.06. The molecule has 1 aliphatic rings. The normalized spacial score (nSPS) is 17.5. The lowest BCUT2D eigenvalue weighted by Gasteiger charge is -2.35. The van der Waals surface area contributed by atoms with Gasteiger partial charge in [-0.2, -0.15) is 0 Å². The number of methoxy groups -OCH3 is 1. The van der Waals surface area contributed by atoms with E-state index in [9.17, 15) is 0 Å². The molecule has 0 aromatic heterocycles. The van der Waals surface area contributed by atoms with E-state index in [1.807, 2.05) is 0 Å². The van der Waals surface area contributed by atoms with Gasteiger partial charge in [-0.25, -0.2) is 4.99 Å². The van der Waals surface area contributed by atoms with Crippen molar-refractivity contribution in [1.82, 2.24) is 15.5 Å². The molecule has 6 nitrogen and oxygen atoms in total. The van der Waals surface area contributed by atoms with Crippen LogP contribution in [0.2, 0.25) is 0 Å². The van der Waals surface area contributed by atoms with Gasteiger partial charge in [0.15, 0.2) is 5.96 Å². The average Bonchev–Trinajstić information content (AvgIpc) is 2.71. The molecule has 1 aromatic rings. The molecule has 1 aliphatic heterocycles. The summed E-state index contributed by atoms with van der Waals surface area (Å²) in [5.74, 6) is 1.76. The Kier molecular flexibility index (Phi) is 13.3. The Bertz CT molecular complexity index is 612. The summed E-state index contributed by atoms with van der Waals surface area (Å²) >= 11 is 0. The number of ether oxygens (including phenoxy) is 2. The highest BCUT2D eigenvalue weighted by Crippen LogP contribution is 2.21. The van der Waals surface area contributed by atoms with Gasteiger partial charge in [0.05, 0.1) is 13.2 Å². The number of hydrogen-bond donors (Lipinski definition) is 2. The highest BCUT2D eigenvalue weighted by Gasteiger charge is 2.20. The first-order chi connectivity index (χ1) is 13.7. The standard InChI is InChI=1S/C22H38N4O2.HI/c1-5-23-22(25-17-20-9-7-8-12-26(20)6-2)24-16-19-11-10-18(3)15-21(19)28-14-13-27-4;/h10-11,15,20H,5-9,12-14,16-17H2,1-4H3,(H2,23,24,25);1H. The summed E-state index contributed by atoms with van der Waals surface area (Å²) in [5, 5.41) is 6.91. The number of rotatable bonds is 10. The SMILES string of the molecule is CCNC(=NCc1ccc(C)cc1OCCOC)NCC1CCCCN1CC.I. The van der Waals surface area contributed by atoms with Gasteiger partial charge in [0.2, 0.25) is 0 Å². The molecule has 2 N–H and O–H groups in total. The number of nitrogens with zero attached hydrogens (tertiary/aromatic N) is 2. The molecule has 166 valence electrons. The van der Waals surface area contributed by atoms with Crippen molar-refractivity contribution >= 4 is 29.9 Å². The summed E-state index contributed by atoms with van der Waals surface area (Å²) in [6.45, 7) is 12.2. The van der Waals surface area contributed by atoms with Gasteiger partial charge in [-0.15, -0.1) is 24.0 Å². The fourth-order valence-electron chi connectivity index (χ4n) is 3.59. The topological polar surface area (TPSA) is 58.1 Å². The molecular formula is C22H39IN4O2. The number of likely N-dealkylation sites (tertiary alicyclic amines) is 1. The second-order valence-electron chi connectivity index (χ2n) is 7.31. The number of aryl methyl sites for hydroxylation is 1. The summed E-state index contributed by atoms with van der Waals surface area (Å²) < 4.78 is 11.0. The molecule has 1 atom stereocenters. The molecule has 7 heteroatoms. The molecule has 0 aliphatic carbocycles. The first kappa shape index (κ1) is 26.0. The Morgan fingerprint density at radius 1 is 1.21 bits per heavy atom. The predicted molar refractivity (Wildman–Crippen MR) is 132 cm³/mol. The number of likely N-dealkylation sites (N-methyl/N-ethyl adjacent to an activating group) is 1. The van der Waals surface area contributed by atoms with Crippen LogP contribution in [0.15, 0.2) is 23.2 Å². The lowest BCUT2D eigenvalue weighted by Crippen LogP contribution is -2.49. The molecule has 29 heavy (non-hydrogen) atoms. The molecule has 1 saturated heterocycles. The van der Waals surface area contributed by atoms with Crippen LogP contribution < -0.4 is 15.4 Å². The van der Waals surface area contributed by atoms with E-state index >= 15 is 0 Å². The van der Waals surface area contributed by atoms with Crippen LogP contribution >= 0.6 is 24.0 Å². The Labute approximate surface area is 193 Å². The molecule has 0 spiro atoms. The lowest BCUT2D eigenvalue weighted by atomic mass is 10.0. The van der Waals surface area contributed by atoms with Crippen LogP contribution in [0, 0.1) is 6.92 Å². The highest BCUT2D eigenvalue weighted by molar-refractivity contribution is 14.0. The van der Waals surface area contributed by atoms with Crippen molar-refractivity contribution in [3.63, 3.8) is 0 Å². The van der Waals surface area contributed by atoms with Crippen molar-refractivity contribution in [2.24, 2.45) is 4.99 Å². The van der Waals surface area contributed by atoms with E-state index in [1.54, 1.807) is 7.11 Å².